The lowest BCUT2D eigenvalue weighted by molar-refractivity contribution is 0.0246. The average molecular weight is 277 g/mol. The zero-order chi connectivity index (χ0) is 13.9. The van der Waals surface area contributed by atoms with Crippen molar-refractivity contribution in [2.45, 2.75) is 19.4 Å². The Labute approximate surface area is 116 Å². The molecule has 1 aromatic heterocycles. The molecule has 0 spiro atoms. The first-order valence-electron chi connectivity index (χ1n) is 6.64. The first kappa shape index (κ1) is 13.2. The minimum absolute atomic E-state index is 0.0480. The second-order valence-electron chi connectivity index (χ2n) is 4.88. The van der Waals surface area contributed by atoms with E-state index in [-0.39, 0.29) is 11.9 Å². The molecule has 1 N–H and O–H groups in total. The van der Waals surface area contributed by atoms with E-state index >= 15 is 0 Å². The Bertz CT molecular complexity index is 594. The Morgan fingerprint density at radius 2 is 2.35 bits per heavy atom. The lowest BCUT2D eigenvalue weighted by Crippen LogP contribution is -2.39. The zero-order valence-electron chi connectivity index (χ0n) is 11.2. The van der Waals surface area contributed by atoms with Crippen molar-refractivity contribution in [2.75, 3.05) is 19.7 Å². The summed E-state index contributed by atoms with van der Waals surface area (Å²) in [5, 5.41) is 7.14. The Balaban J connectivity index is 1.73. The minimum Gasteiger partial charge on any atom is -0.375 e. The van der Waals surface area contributed by atoms with Crippen LogP contribution < -0.4 is 5.32 Å². The molecule has 1 fully saturated rings. The van der Waals surface area contributed by atoms with Crippen LogP contribution in [0.2, 0.25) is 0 Å². The molecule has 1 aromatic carbocycles. The van der Waals surface area contributed by atoms with Crippen molar-refractivity contribution in [1.82, 2.24) is 15.5 Å². The van der Waals surface area contributed by atoms with Gasteiger partial charge >= 0.3 is 0 Å². The normalized spacial score (nSPS) is 19.2. The topological polar surface area (TPSA) is 60.2 Å². The number of nitrogens with zero attached hydrogens (tertiary/aromatic N) is 2. The molecule has 0 bridgehead atoms. The van der Waals surface area contributed by atoms with Crippen LogP contribution in [0.3, 0.4) is 0 Å². The quantitative estimate of drug-likeness (QED) is 0.925. The molecule has 3 rings (SSSR count). The fourth-order valence-corrected chi connectivity index (χ4v) is 2.13. The van der Waals surface area contributed by atoms with E-state index in [2.05, 4.69) is 15.5 Å². The van der Waals surface area contributed by atoms with Gasteiger partial charge in [0.05, 0.1) is 19.1 Å². The van der Waals surface area contributed by atoms with Crippen LogP contribution in [0.15, 0.2) is 22.7 Å². The predicted molar refractivity (Wildman–Crippen MR) is 70.7 cm³/mol. The molecule has 1 saturated heterocycles. The number of hydrogen-bond acceptors (Lipinski definition) is 5. The SMILES string of the molecule is Cc1ccc(-c2noc(CC3CNCCO3)n2)cc1F. The van der Waals surface area contributed by atoms with Gasteiger partial charge in [-0.25, -0.2) is 4.39 Å². The van der Waals surface area contributed by atoms with Crippen molar-refractivity contribution < 1.29 is 13.7 Å². The van der Waals surface area contributed by atoms with Crippen LogP contribution in [0.1, 0.15) is 11.5 Å². The number of morpholine rings is 1. The van der Waals surface area contributed by atoms with Gasteiger partial charge in [0.15, 0.2) is 0 Å². The number of rotatable bonds is 3. The maximum absolute atomic E-state index is 13.5. The van der Waals surface area contributed by atoms with Gasteiger partial charge in [-0.3, -0.25) is 0 Å². The Morgan fingerprint density at radius 1 is 1.45 bits per heavy atom. The molecule has 0 aliphatic carbocycles. The van der Waals surface area contributed by atoms with Gasteiger partial charge in [0.1, 0.15) is 5.82 Å². The summed E-state index contributed by atoms with van der Waals surface area (Å²) in [4.78, 5) is 4.29. The summed E-state index contributed by atoms with van der Waals surface area (Å²) in [6, 6.07) is 4.91. The zero-order valence-corrected chi connectivity index (χ0v) is 11.2. The van der Waals surface area contributed by atoms with E-state index in [1.54, 1.807) is 19.1 Å². The summed E-state index contributed by atoms with van der Waals surface area (Å²) in [6.45, 7) is 4.05. The Hall–Kier alpha value is -1.79. The van der Waals surface area contributed by atoms with Crippen LogP contribution in [0.4, 0.5) is 4.39 Å². The third kappa shape index (κ3) is 2.86. The number of aromatic nitrogens is 2. The second-order valence-corrected chi connectivity index (χ2v) is 4.88. The molecule has 6 heteroatoms. The molecule has 2 heterocycles. The summed E-state index contributed by atoms with van der Waals surface area (Å²) in [7, 11) is 0. The van der Waals surface area contributed by atoms with Gasteiger partial charge in [0.25, 0.3) is 0 Å². The highest BCUT2D eigenvalue weighted by atomic mass is 19.1. The van der Waals surface area contributed by atoms with Crippen molar-refractivity contribution in [1.29, 1.82) is 0 Å². The molecular weight excluding hydrogens is 261 g/mol. The Kier molecular flexibility index (Phi) is 3.75. The largest absolute Gasteiger partial charge is 0.375 e. The van der Waals surface area contributed by atoms with Gasteiger partial charge < -0.3 is 14.6 Å². The van der Waals surface area contributed by atoms with Crippen molar-refractivity contribution >= 4 is 0 Å². The summed E-state index contributed by atoms with van der Waals surface area (Å²) < 4.78 is 24.3. The van der Waals surface area contributed by atoms with Gasteiger partial charge in [-0.05, 0) is 18.6 Å². The molecule has 5 nitrogen and oxygen atoms in total. The van der Waals surface area contributed by atoms with Crippen molar-refractivity contribution in [3.05, 3.63) is 35.5 Å². The molecule has 106 valence electrons. The Morgan fingerprint density at radius 3 is 3.10 bits per heavy atom. The summed E-state index contributed by atoms with van der Waals surface area (Å²) in [5.74, 6) is 0.644. The lowest BCUT2D eigenvalue weighted by atomic mass is 10.1. The third-order valence-electron chi connectivity index (χ3n) is 3.30. The van der Waals surface area contributed by atoms with Gasteiger partial charge in [-0.15, -0.1) is 0 Å². The first-order valence-corrected chi connectivity index (χ1v) is 6.64. The fraction of sp³-hybridized carbons (Fsp3) is 0.429. The van der Waals surface area contributed by atoms with Crippen molar-refractivity contribution in [2.24, 2.45) is 0 Å². The molecule has 1 unspecified atom stereocenters. The highest BCUT2D eigenvalue weighted by molar-refractivity contribution is 5.54. The van der Waals surface area contributed by atoms with Crippen molar-refractivity contribution in [3.63, 3.8) is 0 Å². The minimum atomic E-state index is -0.270. The number of hydrogen-bond donors (Lipinski definition) is 1. The summed E-state index contributed by atoms with van der Waals surface area (Å²) in [6.07, 6.45) is 0.612. The average Bonchev–Trinajstić information content (AvgIpc) is 2.91. The monoisotopic (exact) mass is 277 g/mol. The number of benzene rings is 1. The molecule has 2 aromatic rings. The van der Waals surface area contributed by atoms with E-state index in [9.17, 15) is 4.39 Å². The van der Waals surface area contributed by atoms with Crippen LogP contribution >= 0.6 is 0 Å². The van der Waals surface area contributed by atoms with Crippen LogP contribution in [0.5, 0.6) is 0 Å². The van der Waals surface area contributed by atoms with Gasteiger partial charge in [0, 0.05) is 18.7 Å². The van der Waals surface area contributed by atoms with Crippen LogP contribution in [-0.2, 0) is 11.2 Å². The molecule has 0 radical (unpaired) electrons. The second kappa shape index (κ2) is 5.68. The van der Waals surface area contributed by atoms with Crippen LogP contribution in [0, 0.1) is 12.7 Å². The number of nitrogens with one attached hydrogen (secondary N) is 1. The van der Waals surface area contributed by atoms with Gasteiger partial charge in [0.2, 0.25) is 11.7 Å². The first-order chi connectivity index (χ1) is 9.72. The van der Waals surface area contributed by atoms with E-state index in [1.807, 2.05) is 0 Å². The number of ether oxygens (including phenoxy) is 1. The van der Waals surface area contributed by atoms with E-state index in [0.29, 0.717) is 35.9 Å². The molecule has 20 heavy (non-hydrogen) atoms. The number of halogens is 1. The molecular formula is C14H16FN3O2. The maximum Gasteiger partial charge on any atom is 0.229 e. The summed E-state index contributed by atoms with van der Waals surface area (Å²) in [5.41, 5.74) is 1.21. The fourth-order valence-electron chi connectivity index (χ4n) is 2.13. The molecule has 0 saturated carbocycles. The number of aryl methyl sites for hydroxylation is 1. The van der Waals surface area contributed by atoms with E-state index in [0.717, 1.165) is 13.1 Å². The van der Waals surface area contributed by atoms with E-state index in [1.165, 1.54) is 6.07 Å². The smallest absolute Gasteiger partial charge is 0.229 e. The summed E-state index contributed by atoms with van der Waals surface area (Å²) >= 11 is 0. The molecule has 1 atom stereocenters. The van der Waals surface area contributed by atoms with Gasteiger partial charge in [-0.2, -0.15) is 4.98 Å². The molecule has 1 aliphatic rings. The maximum atomic E-state index is 13.5. The lowest BCUT2D eigenvalue weighted by Gasteiger charge is -2.21. The van der Waals surface area contributed by atoms with Crippen LogP contribution in [-0.4, -0.2) is 35.9 Å². The van der Waals surface area contributed by atoms with Crippen molar-refractivity contribution in [3.8, 4) is 11.4 Å². The van der Waals surface area contributed by atoms with Gasteiger partial charge in [-0.1, -0.05) is 17.3 Å². The standard InChI is InChI=1S/C14H16FN3O2/c1-9-2-3-10(6-12(9)15)14-17-13(20-18-14)7-11-8-16-4-5-19-11/h2-3,6,11,16H,4-5,7-8H2,1H3. The third-order valence-corrected chi connectivity index (χ3v) is 3.30. The molecule has 1 aliphatic heterocycles. The van der Waals surface area contributed by atoms with E-state index < -0.39 is 0 Å². The highest BCUT2D eigenvalue weighted by Gasteiger charge is 2.18. The highest BCUT2D eigenvalue weighted by Crippen LogP contribution is 2.19. The predicted octanol–water partition coefficient (Wildman–Crippen LogP) is 1.72. The van der Waals surface area contributed by atoms with E-state index in [4.69, 9.17) is 9.26 Å². The molecule has 0 amide bonds. The van der Waals surface area contributed by atoms with Crippen LogP contribution in [0.25, 0.3) is 11.4 Å².